The van der Waals surface area contributed by atoms with Crippen LogP contribution in [0.4, 0.5) is 17.1 Å². The fraction of sp³-hybridized carbons (Fsp3) is 0.0769. The van der Waals surface area contributed by atoms with Gasteiger partial charge in [0.2, 0.25) is 0 Å². The van der Waals surface area contributed by atoms with E-state index >= 15 is 0 Å². The molecule has 0 saturated heterocycles. The fourth-order valence-electron chi connectivity index (χ4n) is 8.22. The molecular formula is C52H40BNO2. The topological polar surface area (TPSA) is 21.7 Å². The number of hydrogen-bond acceptors (Lipinski definition) is 3. The van der Waals surface area contributed by atoms with Gasteiger partial charge in [-0.15, -0.1) is 0 Å². The Morgan fingerprint density at radius 2 is 0.768 bits per heavy atom. The third kappa shape index (κ3) is 6.04. The Bertz CT molecular complexity index is 2590. The Balaban J connectivity index is 1.15. The van der Waals surface area contributed by atoms with Gasteiger partial charge in [0.15, 0.2) is 0 Å². The first kappa shape index (κ1) is 33.8. The number of ether oxygens (including phenoxy) is 2. The number of nitrogens with zero attached hydrogens (tertiary/aromatic N) is 1. The minimum absolute atomic E-state index is 0.0331. The molecule has 2 aliphatic heterocycles. The molecule has 0 aromatic heterocycles. The number of hydrogen-bond donors (Lipinski definition) is 0. The van der Waals surface area contributed by atoms with Crippen molar-refractivity contribution >= 4 is 40.2 Å². The van der Waals surface area contributed by atoms with E-state index in [1.165, 1.54) is 16.7 Å². The minimum atomic E-state index is -0.0547. The van der Waals surface area contributed by atoms with Crippen LogP contribution in [0.5, 0.6) is 23.0 Å². The van der Waals surface area contributed by atoms with Crippen molar-refractivity contribution in [3.05, 3.63) is 194 Å². The molecule has 2 aliphatic rings. The molecule has 268 valence electrons. The number of fused-ring (bicyclic) bond motifs is 4. The Morgan fingerprint density at radius 3 is 1.21 bits per heavy atom. The molecular weight excluding hydrogens is 681 g/mol. The normalized spacial score (nSPS) is 12.4. The zero-order valence-corrected chi connectivity index (χ0v) is 31.7. The smallest absolute Gasteiger partial charge is 0.260 e. The van der Waals surface area contributed by atoms with Gasteiger partial charge < -0.3 is 14.4 Å². The van der Waals surface area contributed by atoms with E-state index in [1.807, 2.05) is 0 Å². The van der Waals surface area contributed by atoms with Crippen LogP contribution in [-0.4, -0.2) is 6.71 Å². The quantitative estimate of drug-likeness (QED) is 0.160. The second kappa shape index (κ2) is 13.5. The van der Waals surface area contributed by atoms with E-state index in [0.29, 0.717) is 0 Å². The molecule has 2 heterocycles. The highest BCUT2D eigenvalue weighted by molar-refractivity contribution is 6.98. The van der Waals surface area contributed by atoms with E-state index in [4.69, 9.17) is 9.47 Å². The van der Waals surface area contributed by atoms with Gasteiger partial charge in [0, 0.05) is 29.0 Å². The van der Waals surface area contributed by atoms with E-state index in [0.717, 1.165) is 78.7 Å². The highest BCUT2D eigenvalue weighted by atomic mass is 16.5. The summed E-state index contributed by atoms with van der Waals surface area (Å²) in [5.74, 6) is 3.32. The summed E-state index contributed by atoms with van der Waals surface area (Å²) in [4.78, 5) is 2.31. The maximum Gasteiger partial charge on any atom is 0.260 e. The minimum Gasteiger partial charge on any atom is -0.458 e. The molecule has 0 amide bonds. The first-order valence-electron chi connectivity index (χ1n) is 19.4. The molecule has 0 spiro atoms. The molecule has 8 aromatic carbocycles. The van der Waals surface area contributed by atoms with Crippen molar-refractivity contribution in [2.75, 3.05) is 4.90 Å². The summed E-state index contributed by atoms with van der Waals surface area (Å²) < 4.78 is 14.0. The predicted molar refractivity (Wildman–Crippen MR) is 234 cm³/mol. The standard InChI is InChI=1S/C52H40BNO2/c1-52(2,3)41-23-27-43(28-24-41)54(42-25-19-38(20-26-42)35-13-7-4-8-14-35)44-33-49-51-50(34-44)56-48-32-40(37-17-11-6-12-18-37)22-30-46(48)53(51)45-29-21-39(31-47(45)55-49)36-15-9-5-10-16-36/h4-34H,1-3H3. The number of rotatable bonds is 6. The molecule has 0 atom stereocenters. The maximum absolute atomic E-state index is 6.99. The molecule has 56 heavy (non-hydrogen) atoms. The predicted octanol–water partition coefficient (Wildman–Crippen LogP) is 12.2. The average Bonchev–Trinajstić information content (AvgIpc) is 3.24. The van der Waals surface area contributed by atoms with Gasteiger partial charge in [0.1, 0.15) is 23.0 Å². The van der Waals surface area contributed by atoms with Crippen LogP contribution in [0.3, 0.4) is 0 Å². The first-order chi connectivity index (χ1) is 27.4. The van der Waals surface area contributed by atoms with E-state index in [-0.39, 0.29) is 12.1 Å². The van der Waals surface area contributed by atoms with Gasteiger partial charge in [0.05, 0.1) is 5.69 Å². The Kier molecular flexibility index (Phi) is 8.15. The van der Waals surface area contributed by atoms with Crippen molar-refractivity contribution in [2.45, 2.75) is 26.2 Å². The van der Waals surface area contributed by atoms with Crippen LogP contribution in [-0.2, 0) is 5.41 Å². The molecule has 0 fully saturated rings. The molecule has 0 saturated carbocycles. The van der Waals surface area contributed by atoms with Crippen molar-refractivity contribution in [2.24, 2.45) is 0 Å². The zero-order valence-electron chi connectivity index (χ0n) is 31.7. The van der Waals surface area contributed by atoms with Crippen LogP contribution in [0.1, 0.15) is 26.3 Å². The SMILES string of the molecule is CC(C)(C)c1ccc(N(c2ccc(-c3ccccc3)cc2)c2cc3c4c(c2)Oc2cc(-c5ccccc5)ccc2B4c2ccc(-c4ccccc4)cc2O3)cc1. The highest BCUT2D eigenvalue weighted by Crippen LogP contribution is 2.44. The largest absolute Gasteiger partial charge is 0.458 e. The van der Waals surface area contributed by atoms with Gasteiger partial charge in [-0.25, -0.2) is 0 Å². The Labute approximate surface area is 329 Å². The van der Waals surface area contributed by atoms with Gasteiger partial charge in [-0.2, -0.15) is 0 Å². The lowest BCUT2D eigenvalue weighted by Crippen LogP contribution is -2.57. The van der Waals surface area contributed by atoms with Crippen LogP contribution < -0.4 is 30.8 Å². The molecule has 8 aromatic rings. The van der Waals surface area contributed by atoms with Gasteiger partial charge in [-0.3, -0.25) is 0 Å². The second-order valence-corrected chi connectivity index (χ2v) is 15.8. The molecule has 10 rings (SSSR count). The Morgan fingerprint density at radius 1 is 0.375 bits per heavy atom. The van der Waals surface area contributed by atoms with Crippen molar-refractivity contribution in [3.63, 3.8) is 0 Å². The monoisotopic (exact) mass is 721 g/mol. The van der Waals surface area contributed by atoms with E-state index in [2.05, 4.69) is 214 Å². The lowest BCUT2D eigenvalue weighted by Gasteiger charge is -2.35. The van der Waals surface area contributed by atoms with Crippen LogP contribution in [0.25, 0.3) is 33.4 Å². The van der Waals surface area contributed by atoms with Crippen LogP contribution >= 0.6 is 0 Å². The second-order valence-electron chi connectivity index (χ2n) is 15.8. The summed E-state index contributed by atoms with van der Waals surface area (Å²) in [6.07, 6.45) is 0. The fourth-order valence-corrected chi connectivity index (χ4v) is 8.22. The van der Waals surface area contributed by atoms with Crippen molar-refractivity contribution in [3.8, 4) is 56.4 Å². The first-order valence-corrected chi connectivity index (χ1v) is 19.4. The van der Waals surface area contributed by atoms with Gasteiger partial charge in [-0.05, 0) is 91.7 Å². The van der Waals surface area contributed by atoms with Crippen LogP contribution in [0.2, 0.25) is 0 Å². The molecule has 0 N–H and O–H groups in total. The lowest BCUT2D eigenvalue weighted by atomic mass is 9.34. The van der Waals surface area contributed by atoms with E-state index < -0.39 is 0 Å². The molecule has 0 radical (unpaired) electrons. The van der Waals surface area contributed by atoms with Crippen molar-refractivity contribution in [1.29, 1.82) is 0 Å². The van der Waals surface area contributed by atoms with Crippen molar-refractivity contribution in [1.82, 2.24) is 0 Å². The van der Waals surface area contributed by atoms with Gasteiger partial charge >= 0.3 is 0 Å². The molecule has 4 heteroatoms. The summed E-state index contributed by atoms with van der Waals surface area (Å²) in [5, 5.41) is 0. The molecule has 3 nitrogen and oxygen atoms in total. The maximum atomic E-state index is 6.99. The highest BCUT2D eigenvalue weighted by Gasteiger charge is 2.41. The molecule has 0 bridgehead atoms. The average molecular weight is 722 g/mol. The molecule has 0 unspecified atom stereocenters. The van der Waals surface area contributed by atoms with Crippen molar-refractivity contribution < 1.29 is 9.47 Å². The van der Waals surface area contributed by atoms with Gasteiger partial charge in [-0.1, -0.05) is 160 Å². The summed E-state index contributed by atoms with van der Waals surface area (Å²) in [6, 6.07) is 67.0. The van der Waals surface area contributed by atoms with Gasteiger partial charge in [0.25, 0.3) is 6.71 Å². The molecule has 0 aliphatic carbocycles. The van der Waals surface area contributed by atoms with E-state index in [1.54, 1.807) is 0 Å². The number of benzene rings is 8. The summed E-state index contributed by atoms with van der Waals surface area (Å²) >= 11 is 0. The third-order valence-corrected chi connectivity index (χ3v) is 11.2. The summed E-state index contributed by atoms with van der Waals surface area (Å²) in [5.41, 5.74) is 14.6. The Hall–Kier alpha value is -6.78. The van der Waals surface area contributed by atoms with E-state index in [9.17, 15) is 0 Å². The lowest BCUT2D eigenvalue weighted by molar-refractivity contribution is 0.465. The number of anilines is 3. The van der Waals surface area contributed by atoms with Crippen LogP contribution in [0.15, 0.2) is 188 Å². The summed E-state index contributed by atoms with van der Waals surface area (Å²) in [6.45, 7) is 6.71. The summed E-state index contributed by atoms with van der Waals surface area (Å²) in [7, 11) is 0. The van der Waals surface area contributed by atoms with Crippen LogP contribution in [0, 0.1) is 0 Å². The zero-order chi connectivity index (χ0) is 37.8. The third-order valence-electron chi connectivity index (χ3n) is 11.2.